The lowest BCUT2D eigenvalue weighted by molar-refractivity contribution is -0.214. The zero-order valence-electron chi connectivity index (χ0n) is 12.2. The zero-order valence-corrected chi connectivity index (χ0v) is 15.3. The molecule has 0 aromatic heterocycles. The monoisotopic (exact) mass is 403 g/mol. The van der Waals surface area contributed by atoms with Crippen LogP contribution in [0.3, 0.4) is 0 Å². The summed E-state index contributed by atoms with van der Waals surface area (Å²) in [4.78, 5) is 18.0. The van der Waals surface area contributed by atoms with Crippen LogP contribution in [0, 0.1) is 0 Å². The molecule has 0 saturated carbocycles. The van der Waals surface area contributed by atoms with Gasteiger partial charge < -0.3 is 4.84 Å². The van der Waals surface area contributed by atoms with Crippen molar-refractivity contribution < 1.29 is 9.63 Å². The summed E-state index contributed by atoms with van der Waals surface area (Å²) < 4.78 is 1.87. The molecule has 3 nitrogen and oxygen atoms in total. The van der Waals surface area contributed by atoms with E-state index in [-0.39, 0.29) is 16.9 Å². The number of carbonyl (C=O) groups excluding carboxylic acids is 1. The van der Waals surface area contributed by atoms with Crippen LogP contribution in [0.5, 0.6) is 5.75 Å². The van der Waals surface area contributed by atoms with Crippen LogP contribution >= 0.6 is 31.9 Å². The highest BCUT2D eigenvalue weighted by atomic mass is 79.9. The van der Waals surface area contributed by atoms with Gasteiger partial charge in [-0.3, -0.25) is 4.79 Å². The number of hydroxylamine groups is 2. The van der Waals surface area contributed by atoms with Crippen LogP contribution in [0.25, 0.3) is 0 Å². The van der Waals surface area contributed by atoms with E-state index in [1.54, 1.807) is 0 Å². The minimum atomic E-state index is -0.328. The summed E-state index contributed by atoms with van der Waals surface area (Å²) in [6.45, 7) is 8.16. The van der Waals surface area contributed by atoms with Gasteiger partial charge in [0.25, 0.3) is 0 Å². The minimum Gasteiger partial charge on any atom is -0.404 e. The Bertz CT molecular complexity index is 521. The lowest BCUT2D eigenvalue weighted by Gasteiger charge is -2.50. The number of benzene rings is 1. The van der Waals surface area contributed by atoms with E-state index in [1.165, 1.54) is 0 Å². The van der Waals surface area contributed by atoms with Gasteiger partial charge in [-0.25, -0.2) is 0 Å². The molecule has 1 aromatic carbocycles. The largest absolute Gasteiger partial charge is 0.404 e. The van der Waals surface area contributed by atoms with Crippen molar-refractivity contribution in [1.82, 2.24) is 5.06 Å². The average Bonchev–Trinajstić information content (AvgIpc) is 2.23. The predicted molar refractivity (Wildman–Crippen MR) is 86.7 cm³/mol. The number of hydrogen-bond acceptors (Lipinski definition) is 3. The second kappa shape index (κ2) is 5.43. The fraction of sp³-hybridized carbons (Fsp3) is 0.533. The van der Waals surface area contributed by atoms with Crippen molar-refractivity contribution >= 4 is 37.6 Å². The standard InChI is InChI=1S/C15H19Br2NO2/c1-14(2)8-11(19)9-15(3,4)18(14)20-13-6-5-10(16)7-12(13)17/h5-7H,8-9H2,1-4H3. The molecule has 0 radical (unpaired) electrons. The van der Waals surface area contributed by atoms with E-state index in [2.05, 4.69) is 31.9 Å². The molecule has 20 heavy (non-hydrogen) atoms. The molecular formula is C15H19Br2NO2. The first-order valence-corrected chi connectivity index (χ1v) is 8.15. The summed E-state index contributed by atoms with van der Waals surface area (Å²) >= 11 is 6.94. The van der Waals surface area contributed by atoms with Crippen LogP contribution in [-0.2, 0) is 4.79 Å². The van der Waals surface area contributed by atoms with Gasteiger partial charge in [-0.05, 0) is 61.8 Å². The minimum absolute atomic E-state index is 0.287. The Hall–Kier alpha value is -0.390. The van der Waals surface area contributed by atoms with Gasteiger partial charge in [-0.1, -0.05) is 15.9 Å². The zero-order chi connectivity index (χ0) is 15.1. The molecule has 1 aromatic rings. The lowest BCUT2D eigenvalue weighted by Crippen LogP contribution is -2.62. The Kier molecular flexibility index (Phi) is 4.34. The molecule has 110 valence electrons. The molecule has 5 heteroatoms. The third-order valence-corrected chi connectivity index (χ3v) is 4.56. The van der Waals surface area contributed by atoms with Gasteiger partial charge in [0, 0.05) is 17.3 Å². The van der Waals surface area contributed by atoms with E-state index in [4.69, 9.17) is 4.84 Å². The number of hydrogen-bond donors (Lipinski definition) is 0. The third kappa shape index (κ3) is 3.26. The molecule has 1 fully saturated rings. The molecule has 1 aliphatic heterocycles. The topological polar surface area (TPSA) is 29.5 Å². The summed E-state index contributed by atoms with van der Waals surface area (Å²) in [5.41, 5.74) is -0.656. The molecule has 0 amide bonds. The maximum absolute atomic E-state index is 11.9. The van der Waals surface area contributed by atoms with Crippen molar-refractivity contribution in [2.75, 3.05) is 0 Å². The highest BCUT2D eigenvalue weighted by Crippen LogP contribution is 2.39. The van der Waals surface area contributed by atoms with E-state index in [0.717, 1.165) is 14.7 Å². The molecule has 0 bridgehead atoms. The van der Waals surface area contributed by atoms with Crippen molar-refractivity contribution in [3.63, 3.8) is 0 Å². The van der Waals surface area contributed by atoms with E-state index < -0.39 is 0 Å². The molecule has 0 spiro atoms. The van der Waals surface area contributed by atoms with Gasteiger partial charge in [0.05, 0.1) is 15.6 Å². The Morgan fingerprint density at radius 2 is 1.65 bits per heavy atom. The molecule has 2 rings (SSSR count). The van der Waals surface area contributed by atoms with Crippen LogP contribution in [0.2, 0.25) is 0 Å². The number of carbonyl (C=O) groups is 1. The molecule has 0 unspecified atom stereocenters. The SMILES string of the molecule is CC1(C)CC(=O)CC(C)(C)N1Oc1ccc(Br)cc1Br. The Morgan fingerprint density at radius 3 is 2.15 bits per heavy atom. The molecule has 0 atom stereocenters. The van der Waals surface area contributed by atoms with E-state index in [1.807, 2.05) is 51.0 Å². The lowest BCUT2D eigenvalue weighted by atomic mass is 9.81. The van der Waals surface area contributed by atoms with Crippen LogP contribution in [-0.4, -0.2) is 21.9 Å². The van der Waals surface area contributed by atoms with Gasteiger partial charge >= 0.3 is 0 Å². The van der Waals surface area contributed by atoms with Gasteiger partial charge in [0.15, 0.2) is 5.75 Å². The first-order valence-electron chi connectivity index (χ1n) is 6.57. The number of piperidine rings is 1. The second-order valence-corrected chi connectivity index (χ2v) is 8.25. The fourth-order valence-corrected chi connectivity index (χ4v) is 4.00. The van der Waals surface area contributed by atoms with Gasteiger partial charge in [-0.15, -0.1) is 5.06 Å². The molecule has 1 aliphatic rings. The smallest absolute Gasteiger partial charge is 0.161 e. The third-order valence-electron chi connectivity index (χ3n) is 3.44. The molecular weight excluding hydrogens is 386 g/mol. The highest BCUT2D eigenvalue weighted by Gasteiger charge is 2.47. The van der Waals surface area contributed by atoms with Gasteiger partial charge in [0.2, 0.25) is 0 Å². The maximum Gasteiger partial charge on any atom is 0.161 e. The Balaban J connectivity index is 2.32. The molecule has 0 N–H and O–H groups in total. The van der Waals surface area contributed by atoms with Crippen LogP contribution in [0.15, 0.2) is 27.1 Å². The number of Topliss-reactive ketones (excluding diaryl/α,β-unsaturated/α-hetero) is 1. The first kappa shape index (κ1) is 16.0. The van der Waals surface area contributed by atoms with E-state index in [9.17, 15) is 4.79 Å². The fourth-order valence-electron chi connectivity index (χ4n) is 2.89. The summed E-state index contributed by atoms with van der Waals surface area (Å²) in [5, 5.41) is 1.95. The Labute approximate surface area is 136 Å². The van der Waals surface area contributed by atoms with E-state index in [0.29, 0.717) is 12.8 Å². The number of halogens is 2. The molecule has 0 aliphatic carbocycles. The number of rotatable bonds is 2. The van der Waals surface area contributed by atoms with Gasteiger partial charge in [0.1, 0.15) is 5.78 Å². The van der Waals surface area contributed by atoms with Crippen molar-refractivity contribution in [2.45, 2.75) is 51.6 Å². The van der Waals surface area contributed by atoms with Crippen LogP contribution in [0.1, 0.15) is 40.5 Å². The van der Waals surface area contributed by atoms with Crippen LogP contribution < -0.4 is 4.84 Å². The molecule has 1 heterocycles. The summed E-state index contributed by atoms with van der Waals surface area (Å²) in [6.07, 6.45) is 1.01. The number of ketones is 1. The Morgan fingerprint density at radius 1 is 1.10 bits per heavy atom. The second-order valence-electron chi connectivity index (χ2n) is 6.48. The van der Waals surface area contributed by atoms with Crippen molar-refractivity contribution in [2.24, 2.45) is 0 Å². The average molecular weight is 405 g/mol. The van der Waals surface area contributed by atoms with E-state index >= 15 is 0 Å². The highest BCUT2D eigenvalue weighted by molar-refractivity contribution is 9.11. The molecule has 1 saturated heterocycles. The normalized spacial score (nSPS) is 21.8. The maximum atomic E-state index is 11.9. The quantitative estimate of drug-likeness (QED) is 0.713. The van der Waals surface area contributed by atoms with Crippen molar-refractivity contribution in [3.05, 3.63) is 27.1 Å². The first-order chi connectivity index (χ1) is 9.12. The summed E-state index contributed by atoms with van der Waals surface area (Å²) in [5.74, 6) is 1.04. The summed E-state index contributed by atoms with van der Waals surface area (Å²) in [7, 11) is 0. The van der Waals surface area contributed by atoms with Crippen molar-refractivity contribution in [3.8, 4) is 5.75 Å². The number of nitrogens with zero attached hydrogens (tertiary/aromatic N) is 1. The van der Waals surface area contributed by atoms with Crippen LogP contribution in [0.4, 0.5) is 0 Å². The summed E-state index contributed by atoms with van der Waals surface area (Å²) in [6, 6.07) is 5.80. The van der Waals surface area contributed by atoms with Gasteiger partial charge in [-0.2, -0.15) is 0 Å². The predicted octanol–water partition coefficient (Wildman–Crippen LogP) is 4.73. The van der Waals surface area contributed by atoms with Crippen molar-refractivity contribution in [1.29, 1.82) is 0 Å².